The standard InChI is InChI=1S/C32H36O11/c1-11-7-15-20(13(3)42-11)27(34)21-16(26(15)33)8-18(40-5)23(28(21)35)24-19(41-6)9-17-22(29(24)36)30(37)25-14(4)43-12(2)10-32(25,39)31(17)38/h8-9,11-15,20,25-26,33,35-36,39H,7,10H2,1-6H3. The molecule has 6 rings (SSSR count). The normalized spacial score (nSPS) is 35.0. The Morgan fingerprint density at radius 1 is 0.814 bits per heavy atom. The Labute approximate surface area is 248 Å². The zero-order chi connectivity index (χ0) is 31.3. The van der Waals surface area contributed by atoms with Gasteiger partial charge in [-0.05, 0) is 51.8 Å². The van der Waals surface area contributed by atoms with Crippen LogP contribution in [0.3, 0.4) is 0 Å². The van der Waals surface area contributed by atoms with E-state index in [-0.39, 0.29) is 57.4 Å². The number of rotatable bonds is 3. The molecule has 2 aromatic carbocycles. The van der Waals surface area contributed by atoms with E-state index in [4.69, 9.17) is 18.9 Å². The summed E-state index contributed by atoms with van der Waals surface area (Å²) in [5.41, 5.74) is -2.92. The van der Waals surface area contributed by atoms with Crippen molar-refractivity contribution < 1.29 is 53.8 Å². The molecule has 2 aliphatic heterocycles. The molecule has 9 atom stereocenters. The number of aliphatic hydroxyl groups excluding tert-OH is 1. The van der Waals surface area contributed by atoms with E-state index in [1.54, 1.807) is 20.8 Å². The first-order chi connectivity index (χ1) is 20.3. The molecule has 230 valence electrons. The Morgan fingerprint density at radius 2 is 1.40 bits per heavy atom. The van der Waals surface area contributed by atoms with E-state index in [2.05, 4.69) is 0 Å². The fourth-order valence-corrected chi connectivity index (χ4v) is 8.05. The number of methoxy groups -OCH3 is 2. The highest BCUT2D eigenvalue weighted by atomic mass is 16.5. The second-order valence-electron chi connectivity index (χ2n) is 12.3. The summed E-state index contributed by atoms with van der Waals surface area (Å²) in [4.78, 5) is 41.6. The summed E-state index contributed by atoms with van der Waals surface area (Å²) in [6.45, 7) is 6.91. The summed E-state index contributed by atoms with van der Waals surface area (Å²) in [5.74, 6) is -5.69. The van der Waals surface area contributed by atoms with Gasteiger partial charge in [0.15, 0.2) is 17.3 Å². The lowest BCUT2D eigenvalue weighted by molar-refractivity contribution is -0.141. The maximum Gasteiger partial charge on any atom is 0.196 e. The summed E-state index contributed by atoms with van der Waals surface area (Å²) in [6.07, 6.45) is -2.79. The third-order valence-corrected chi connectivity index (χ3v) is 9.74. The smallest absolute Gasteiger partial charge is 0.196 e. The van der Waals surface area contributed by atoms with E-state index in [1.165, 1.54) is 26.4 Å². The minimum absolute atomic E-state index is 0.00228. The van der Waals surface area contributed by atoms with Crippen LogP contribution in [-0.4, -0.2) is 82.0 Å². The maximum absolute atomic E-state index is 13.9. The molecule has 11 heteroatoms. The third-order valence-electron chi connectivity index (χ3n) is 9.74. The van der Waals surface area contributed by atoms with E-state index >= 15 is 0 Å². The van der Waals surface area contributed by atoms with Gasteiger partial charge in [-0.2, -0.15) is 0 Å². The first-order valence-corrected chi connectivity index (χ1v) is 14.5. The molecular formula is C32H36O11. The van der Waals surface area contributed by atoms with Crippen LogP contribution in [0, 0.1) is 17.8 Å². The van der Waals surface area contributed by atoms with Crippen LogP contribution >= 0.6 is 0 Å². The average Bonchev–Trinajstić information content (AvgIpc) is 2.93. The van der Waals surface area contributed by atoms with Gasteiger partial charge in [-0.3, -0.25) is 14.4 Å². The van der Waals surface area contributed by atoms with Gasteiger partial charge in [0.05, 0.1) is 78.8 Å². The van der Waals surface area contributed by atoms with Crippen molar-refractivity contribution in [1.29, 1.82) is 0 Å². The highest BCUT2D eigenvalue weighted by Crippen LogP contribution is 2.57. The van der Waals surface area contributed by atoms with Gasteiger partial charge in [-0.25, -0.2) is 0 Å². The van der Waals surface area contributed by atoms with Crippen molar-refractivity contribution in [2.75, 3.05) is 14.2 Å². The molecule has 0 spiro atoms. The predicted octanol–water partition coefficient (Wildman–Crippen LogP) is 3.37. The molecule has 0 aromatic heterocycles. The zero-order valence-corrected chi connectivity index (χ0v) is 24.8. The molecule has 43 heavy (non-hydrogen) atoms. The number of ketones is 3. The minimum atomic E-state index is -2.04. The van der Waals surface area contributed by atoms with Crippen molar-refractivity contribution >= 4 is 17.3 Å². The number of hydrogen-bond acceptors (Lipinski definition) is 11. The van der Waals surface area contributed by atoms with Gasteiger partial charge >= 0.3 is 0 Å². The van der Waals surface area contributed by atoms with Crippen molar-refractivity contribution in [2.45, 2.75) is 76.7 Å². The number of Topliss-reactive ketones (excluding diaryl/α,β-unsaturated/α-hetero) is 3. The summed E-state index contributed by atoms with van der Waals surface area (Å²) < 4.78 is 22.8. The molecule has 2 saturated heterocycles. The lowest BCUT2D eigenvalue weighted by Gasteiger charge is -2.46. The van der Waals surface area contributed by atoms with Crippen LogP contribution in [0.2, 0.25) is 0 Å². The van der Waals surface area contributed by atoms with Crippen molar-refractivity contribution in [3.05, 3.63) is 34.4 Å². The molecule has 2 heterocycles. The van der Waals surface area contributed by atoms with E-state index in [0.717, 1.165) is 0 Å². The van der Waals surface area contributed by atoms with E-state index in [0.29, 0.717) is 6.42 Å². The van der Waals surface area contributed by atoms with Crippen LogP contribution in [0.5, 0.6) is 23.0 Å². The summed E-state index contributed by atoms with van der Waals surface area (Å²) >= 11 is 0. The molecule has 0 bridgehead atoms. The number of phenols is 2. The van der Waals surface area contributed by atoms with Gasteiger partial charge in [-0.1, -0.05) is 0 Å². The van der Waals surface area contributed by atoms with E-state index < -0.39 is 76.6 Å². The average molecular weight is 597 g/mol. The lowest BCUT2D eigenvalue weighted by Crippen LogP contribution is -2.62. The number of hydrogen-bond donors (Lipinski definition) is 4. The van der Waals surface area contributed by atoms with Gasteiger partial charge in [0.2, 0.25) is 0 Å². The Morgan fingerprint density at radius 3 is 2.02 bits per heavy atom. The lowest BCUT2D eigenvalue weighted by atomic mass is 9.64. The van der Waals surface area contributed by atoms with Crippen LogP contribution in [0.1, 0.15) is 83.3 Å². The topological polar surface area (TPSA) is 169 Å². The van der Waals surface area contributed by atoms with Crippen LogP contribution in [0.4, 0.5) is 0 Å². The number of benzene rings is 2. The first kappa shape index (κ1) is 29.6. The molecule has 2 aromatic rings. The summed E-state index contributed by atoms with van der Waals surface area (Å²) in [7, 11) is 2.60. The molecule has 2 fully saturated rings. The SMILES string of the molecule is COc1cc2c(c(O)c1-c1c(OC)cc3c(c1O)C(=O)C1C(C)OC(C)CC1C3O)C(=O)C1C(C)OC(C)CC1(O)C2=O. The van der Waals surface area contributed by atoms with Crippen LogP contribution < -0.4 is 9.47 Å². The first-order valence-electron chi connectivity index (χ1n) is 14.5. The third kappa shape index (κ3) is 3.98. The molecule has 0 saturated carbocycles. The Hall–Kier alpha value is -3.51. The fraction of sp³-hybridized carbons (Fsp3) is 0.531. The fourth-order valence-electron chi connectivity index (χ4n) is 8.05. The zero-order valence-electron chi connectivity index (χ0n) is 24.8. The number of aliphatic hydroxyl groups is 2. The number of phenolic OH excluding ortho intramolecular Hbond substituents is 2. The predicted molar refractivity (Wildman–Crippen MR) is 151 cm³/mol. The van der Waals surface area contributed by atoms with Crippen molar-refractivity contribution in [1.82, 2.24) is 0 Å². The summed E-state index contributed by atoms with van der Waals surface area (Å²) in [6, 6.07) is 2.68. The van der Waals surface area contributed by atoms with Gasteiger partial charge in [-0.15, -0.1) is 0 Å². The van der Waals surface area contributed by atoms with Crippen LogP contribution in [0.25, 0.3) is 11.1 Å². The monoisotopic (exact) mass is 596 g/mol. The molecule has 2 aliphatic carbocycles. The second-order valence-corrected chi connectivity index (χ2v) is 12.3. The number of carbonyl (C=O) groups excluding carboxylic acids is 3. The molecule has 0 radical (unpaired) electrons. The van der Waals surface area contributed by atoms with Gasteiger partial charge in [0.1, 0.15) is 28.6 Å². The molecule has 0 amide bonds. The Balaban J connectivity index is 1.60. The molecule has 11 nitrogen and oxygen atoms in total. The number of carbonyl (C=O) groups is 3. The highest BCUT2D eigenvalue weighted by molar-refractivity contribution is 6.22. The van der Waals surface area contributed by atoms with E-state index in [9.17, 15) is 34.8 Å². The van der Waals surface area contributed by atoms with Crippen molar-refractivity contribution in [3.63, 3.8) is 0 Å². The Bertz CT molecular complexity index is 1560. The molecular weight excluding hydrogens is 560 g/mol. The van der Waals surface area contributed by atoms with Crippen LogP contribution in [-0.2, 0) is 9.47 Å². The molecule has 9 unspecified atom stereocenters. The minimum Gasteiger partial charge on any atom is -0.506 e. The van der Waals surface area contributed by atoms with Gasteiger partial charge < -0.3 is 39.4 Å². The van der Waals surface area contributed by atoms with Gasteiger partial charge in [0, 0.05) is 17.9 Å². The highest BCUT2D eigenvalue weighted by Gasteiger charge is 2.59. The van der Waals surface area contributed by atoms with Gasteiger partial charge in [0.25, 0.3) is 0 Å². The molecule has 4 N–H and O–H groups in total. The van der Waals surface area contributed by atoms with Crippen molar-refractivity contribution in [2.24, 2.45) is 17.8 Å². The quantitative estimate of drug-likeness (QED) is 0.410. The largest absolute Gasteiger partial charge is 0.506 e. The summed E-state index contributed by atoms with van der Waals surface area (Å²) in [5, 5.41) is 46.4. The number of fused-ring (bicyclic) bond motifs is 4. The van der Waals surface area contributed by atoms with Crippen molar-refractivity contribution in [3.8, 4) is 34.1 Å². The maximum atomic E-state index is 13.9. The molecule has 4 aliphatic rings. The van der Waals surface area contributed by atoms with E-state index in [1.807, 2.05) is 6.92 Å². The number of aromatic hydroxyl groups is 2. The van der Waals surface area contributed by atoms with Crippen LogP contribution in [0.15, 0.2) is 12.1 Å². The Kier molecular flexibility index (Phi) is 6.89. The number of ether oxygens (including phenoxy) is 4. The second kappa shape index (κ2) is 10.0.